The molecule has 0 saturated carbocycles. The lowest BCUT2D eigenvalue weighted by atomic mass is 9.97. The van der Waals surface area contributed by atoms with E-state index in [9.17, 15) is 9.59 Å². The Morgan fingerprint density at radius 1 is 1.21 bits per heavy atom. The number of urea groups is 1. The van der Waals surface area contributed by atoms with Crippen LogP contribution in [0.3, 0.4) is 0 Å². The molecule has 0 saturated heterocycles. The standard InChI is InChI=1S/C13H26N2O4/c1-10(2)8-11(12(16)17)9-15-13(18)14-6-4-5-7-19-3/h10-11H,4-9H2,1-3H3,(H,16,17)(H2,14,15,18). The molecule has 0 bridgehead atoms. The van der Waals surface area contributed by atoms with Crippen LogP contribution < -0.4 is 10.6 Å². The maximum absolute atomic E-state index is 11.4. The molecule has 0 aromatic carbocycles. The number of hydrogen-bond donors (Lipinski definition) is 3. The number of aliphatic carboxylic acids is 1. The molecule has 1 unspecified atom stereocenters. The van der Waals surface area contributed by atoms with Gasteiger partial charge in [-0.2, -0.15) is 0 Å². The second-order valence-corrected chi connectivity index (χ2v) is 5.00. The predicted molar refractivity (Wildman–Crippen MR) is 73.1 cm³/mol. The highest BCUT2D eigenvalue weighted by atomic mass is 16.5. The minimum Gasteiger partial charge on any atom is -0.481 e. The van der Waals surface area contributed by atoms with Gasteiger partial charge in [-0.3, -0.25) is 4.79 Å². The molecule has 0 spiro atoms. The van der Waals surface area contributed by atoms with Crippen LogP contribution in [0.15, 0.2) is 0 Å². The maximum atomic E-state index is 11.4. The molecule has 0 aromatic heterocycles. The van der Waals surface area contributed by atoms with Gasteiger partial charge in [0, 0.05) is 26.8 Å². The molecule has 0 radical (unpaired) electrons. The number of carboxylic acid groups (broad SMARTS) is 1. The van der Waals surface area contributed by atoms with Gasteiger partial charge in [-0.15, -0.1) is 0 Å². The molecule has 0 heterocycles. The van der Waals surface area contributed by atoms with Gasteiger partial charge in [0.2, 0.25) is 0 Å². The molecule has 6 heteroatoms. The number of ether oxygens (including phenoxy) is 1. The highest BCUT2D eigenvalue weighted by molar-refractivity contribution is 5.75. The third-order valence-electron chi connectivity index (χ3n) is 2.67. The van der Waals surface area contributed by atoms with E-state index in [1.165, 1.54) is 0 Å². The molecular weight excluding hydrogens is 248 g/mol. The van der Waals surface area contributed by atoms with Crippen LogP contribution in [0.2, 0.25) is 0 Å². The van der Waals surface area contributed by atoms with E-state index in [0.717, 1.165) is 12.8 Å². The summed E-state index contributed by atoms with van der Waals surface area (Å²) in [5, 5.41) is 14.3. The van der Waals surface area contributed by atoms with Crippen LogP contribution in [0.25, 0.3) is 0 Å². The van der Waals surface area contributed by atoms with Crippen LogP contribution >= 0.6 is 0 Å². The average molecular weight is 274 g/mol. The van der Waals surface area contributed by atoms with Crippen molar-refractivity contribution in [3.05, 3.63) is 0 Å². The van der Waals surface area contributed by atoms with E-state index in [1.54, 1.807) is 7.11 Å². The Balaban J connectivity index is 3.76. The van der Waals surface area contributed by atoms with E-state index in [-0.39, 0.29) is 12.6 Å². The molecule has 2 amide bonds. The van der Waals surface area contributed by atoms with Crippen molar-refractivity contribution in [2.75, 3.05) is 26.8 Å². The summed E-state index contributed by atoms with van der Waals surface area (Å²) in [5.41, 5.74) is 0. The molecular formula is C13H26N2O4. The Kier molecular flexibility index (Phi) is 9.88. The van der Waals surface area contributed by atoms with Crippen molar-refractivity contribution < 1.29 is 19.4 Å². The SMILES string of the molecule is COCCCCNC(=O)NCC(CC(C)C)C(=O)O. The quantitative estimate of drug-likeness (QED) is 0.526. The Hall–Kier alpha value is -1.30. The fourth-order valence-electron chi connectivity index (χ4n) is 1.69. The number of rotatable bonds is 10. The van der Waals surface area contributed by atoms with Gasteiger partial charge >= 0.3 is 12.0 Å². The monoisotopic (exact) mass is 274 g/mol. The van der Waals surface area contributed by atoms with Crippen molar-refractivity contribution in [1.82, 2.24) is 10.6 Å². The molecule has 0 aliphatic rings. The van der Waals surface area contributed by atoms with Crippen molar-refractivity contribution in [3.63, 3.8) is 0 Å². The summed E-state index contributed by atoms with van der Waals surface area (Å²) in [5.74, 6) is -1.10. The Morgan fingerprint density at radius 3 is 2.42 bits per heavy atom. The molecule has 3 N–H and O–H groups in total. The first-order valence-corrected chi connectivity index (χ1v) is 6.70. The zero-order valence-electron chi connectivity index (χ0n) is 12.1. The Bertz CT molecular complexity index is 269. The first-order valence-electron chi connectivity index (χ1n) is 6.70. The summed E-state index contributed by atoms with van der Waals surface area (Å²) < 4.78 is 4.90. The molecule has 0 fully saturated rings. The third-order valence-corrected chi connectivity index (χ3v) is 2.67. The van der Waals surface area contributed by atoms with Gasteiger partial charge < -0.3 is 20.5 Å². The van der Waals surface area contributed by atoms with E-state index in [4.69, 9.17) is 9.84 Å². The zero-order chi connectivity index (χ0) is 14.7. The molecule has 19 heavy (non-hydrogen) atoms. The van der Waals surface area contributed by atoms with Crippen LogP contribution in [0.5, 0.6) is 0 Å². The summed E-state index contributed by atoms with van der Waals surface area (Å²) in [7, 11) is 1.64. The van der Waals surface area contributed by atoms with E-state index in [1.807, 2.05) is 13.8 Å². The number of unbranched alkanes of at least 4 members (excludes halogenated alkanes) is 1. The minimum atomic E-state index is -0.867. The van der Waals surface area contributed by atoms with Gasteiger partial charge in [0.1, 0.15) is 0 Å². The summed E-state index contributed by atoms with van der Waals surface area (Å²) in [6.45, 7) is 5.34. The van der Waals surface area contributed by atoms with Crippen LogP contribution in [0.4, 0.5) is 4.79 Å². The highest BCUT2D eigenvalue weighted by Crippen LogP contribution is 2.10. The zero-order valence-corrected chi connectivity index (χ0v) is 12.1. The van der Waals surface area contributed by atoms with E-state index in [0.29, 0.717) is 25.5 Å². The molecule has 0 rings (SSSR count). The summed E-state index contributed by atoms with van der Waals surface area (Å²) in [4.78, 5) is 22.4. The van der Waals surface area contributed by atoms with Gasteiger partial charge in [0.25, 0.3) is 0 Å². The summed E-state index contributed by atoms with van der Waals surface area (Å²) >= 11 is 0. The van der Waals surface area contributed by atoms with E-state index in [2.05, 4.69) is 10.6 Å². The summed E-state index contributed by atoms with van der Waals surface area (Å²) in [6, 6.07) is -0.313. The van der Waals surface area contributed by atoms with Crippen molar-refractivity contribution in [3.8, 4) is 0 Å². The van der Waals surface area contributed by atoms with Crippen molar-refractivity contribution >= 4 is 12.0 Å². The number of carbonyl (C=O) groups excluding carboxylic acids is 1. The van der Waals surface area contributed by atoms with Crippen molar-refractivity contribution in [2.24, 2.45) is 11.8 Å². The lowest BCUT2D eigenvalue weighted by molar-refractivity contribution is -0.142. The number of amides is 2. The average Bonchev–Trinajstić information content (AvgIpc) is 2.33. The molecule has 0 aromatic rings. The number of methoxy groups -OCH3 is 1. The maximum Gasteiger partial charge on any atom is 0.314 e. The lowest BCUT2D eigenvalue weighted by Gasteiger charge is -2.15. The van der Waals surface area contributed by atoms with Crippen LogP contribution in [0.1, 0.15) is 33.1 Å². The van der Waals surface area contributed by atoms with Crippen LogP contribution in [-0.4, -0.2) is 43.9 Å². The second kappa shape index (κ2) is 10.6. The minimum absolute atomic E-state index is 0.164. The number of carboxylic acids is 1. The molecule has 6 nitrogen and oxygen atoms in total. The fourth-order valence-corrected chi connectivity index (χ4v) is 1.69. The van der Waals surface area contributed by atoms with Gasteiger partial charge in [-0.05, 0) is 25.2 Å². The Labute approximate surface area is 114 Å². The van der Waals surface area contributed by atoms with E-state index >= 15 is 0 Å². The normalized spacial score (nSPS) is 12.2. The van der Waals surface area contributed by atoms with Crippen molar-refractivity contribution in [2.45, 2.75) is 33.1 Å². The van der Waals surface area contributed by atoms with Gasteiger partial charge in [-0.25, -0.2) is 4.79 Å². The first kappa shape index (κ1) is 17.7. The van der Waals surface area contributed by atoms with Gasteiger partial charge in [0.15, 0.2) is 0 Å². The Morgan fingerprint density at radius 2 is 1.89 bits per heavy atom. The molecule has 112 valence electrons. The van der Waals surface area contributed by atoms with E-state index < -0.39 is 11.9 Å². The highest BCUT2D eigenvalue weighted by Gasteiger charge is 2.19. The third kappa shape index (κ3) is 10.3. The van der Waals surface area contributed by atoms with Crippen molar-refractivity contribution in [1.29, 1.82) is 0 Å². The van der Waals surface area contributed by atoms with Gasteiger partial charge in [-0.1, -0.05) is 13.8 Å². The number of hydrogen-bond acceptors (Lipinski definition) is 3. The van der Waals surface area contributed by atoms with Gasteiger partial charge in [0.05, 0.1) is 5.92 Å². The predicted octanol–water partition coefficient (Wildman–Crippen LogP) is 1.46. The topological polar surface area (TPSA) is 87.7 Å². The number of carbonyl (C=O) groups is 2. The molecule has 0 aliphatic carbocycles. The van der Waals surface area contributed by atoms with Crippen LogP contribution in [-0.2, 0) is 9.53 Å². The summed E-state index contributed by atoms with van der Waals surface area (Å²) in [6.07, 6.45) is 2.29. The first-order chi connectivity index (χ1) is 8.97. The lowest BCUT2D eigenvalue weighted by Crippen LogP contribution is -2.40. The smallest absolute Gasteiger partial charge is 0.314 e. The molecule has 0 aliphatic heterocycles. The largest absolute Gasteiger partial charge is 0.481 e. The number of nitrogens with one attached hydrogen (secondary N) is 2. The second-order valence-electron chi connectivity index (χ2n) is 5.00. The molecule has 1 atom stereocenters. The van der Waals surface area contributed by atoms with Crippen LogP contribution in [0, 0.1) is 11.8 Å². The fraction of sp³-hybridized carbons (Fsp3) is 0.846.